The van der Waals surface area contributed by atoms with Gasteiger partial charge in [-0.3, -0.25) is 19.5 Å². The van der Waals surface area contributed by atoms with E-state index in [4.69, 9.17) is 4.74 Å². The van der Waals surface area contributed by atoms with Crippen LogP contribution in [0.5, 0.6) is 0 Å². The highest BCUT2D eigenvalue weighted by atomic mass is 16.6. The van der Waals surface area contributed by atoms with Gasteiger partial charge >= 0.3 is 17.8 Å². The van der Waals surface area contributed by atoms with Gasteiger partial charge in [-0.25, -0.2) is 14.4 Å². The number of carbonyl (C=O) groups is 4. The zero-order valence-electron chi connectivity index (χ0n) is 21.7. The molecular weight excluding hydrogens is 492 g/mol. The summed E-state index contributed by atoms with van der Waals surface area (Å²) in [4.78, 5) is 68.4. The topological polar surface area (TPSA) is 143 Å². The Morgan fingerprint density at radius 2 is 1.66 bits per heavy atom. The number of hydrogen-bond donors (Lipinski definition) is 2. The van der Waals surface area contributed by atoms with Crippen LogP contribution in [0.2, 0.25) is 0 Å². The maximum absolute atomic E-state index is 13.1. The van der Waals surface area contributed by atoms with Crippen molar-refractivity contribution in [2.75, 3.05) is 38.0 Å². The van der Waals surface area contributed by atoms with Crippen molar-refractivity contribution in [1.29, 1.82) is 0 Å². The van der Waals surface area contributed by atoms with E-state index in [1.807, 2.05) is 0 Å². The molecule has 4 rings (SSSR count). The Balaban J connectivity index is 1.28. The van der Waals surface area contributed by atoms with E-state index >= 15 is 0 Å². The van der Waals surface area contributed by atoms with Gasteiger partial charge in [-0.15, -0.1) is 0 Å². The Hall–Kier alpha value is -4.22. The Morgan fingerprint density at radius 1 is 1.03 bits per heavy atom. The molecule has 12 heteroatoms. The summed E-state index contributed by atoms with van der Waals surface area (Å²) in [6.45, 7) is 6.95. The molecule has 0 atom stereocenters. The number of piperazine rings is 1. The highest BCUT2D eigenvalue weighted by Gasteiger charge is 2.52. The number of amides is 4. The molecule has 1 aliphatic carbocycles. The van der Waals surface area contributed by atoms with Crippen LogP contribution < -0.4 is 16.3 Å². The highest BCUT2D eigenvalue weighted by Crippen LogP contribution is 2.46. The number of alkyl carbamates (subject to hydrolysis) is 1. The maximum atomic E-state index is 13.1. The minimum absolute atomic E-state index is 0.0277. The molecular formula is C26H32N6O6. The van der Waals surface area contributed by atoms with Gasteiger partial charge in [0.15, 0.2) is 0 Å². The van der Waals surface area contributed by atoms with Crippen molar-refractivity contribution < 1.29 is 23.9 Å². The van der Waals surface area contributed by atoms with Crippen LogP contribution >= 0.6 is 0 Å². The monoisotopic (exact) mass is 524 g/mol. The summed E-state index contributed by atoms with van der Waals surface area (Å²) >= 11 is 0. The van der Waals surface area contributed by atoms with Crippen molar-refractivity contribution >= 4 is 30.1 Å². The fraction of sp³-hybridized carbons (Fsp3) is 0.462. The Bertz CT molecular complexity index is 1270. The Kier molecular flexibility index (Phi) is 7.51. The largest absolute Gasteiger partial charge is 0.444 e. The van der Waals surface area contributed by atoms with Gasteiger partial charge in [0.2, 0.25) is 5.91 Å². The van der Waals surface area contributed by atoms with Gasteiger partial charge in [0, 0.05) is 44.5 Å². The van der Waals surface area contributed by atoms with E-state index in [9.17, 15) is 24.0 Å². The van der Waals surface area contributed by atoms with Crippen LogP contribution in [-0.4, -0.2) is 82.0 Å². The van der Waals surface area contributed by atoms with Crippen molar-refractivity contribution in [3.05, 3.63) is 52.6 Å². The average Bonchev–Trinajstić information content (AvgIpc) is 3.68. The number of urea groups is 1. The SMILES string of the molecule is CC(C)(C)OC(=O)NCC1(C(=O)N2CCN(C(=O)Nc3ccn(-c4ccc(C=O)cc4)c(=O)n3)CC2)CC1. The Labute approximate surface area is 220 Å². The molecule has 202 valence electrons. The number of rotatable bonds is 6. The molecule has 12 nitrogen and oxygen atoms in total. The molecule has 38 heavy (non-hydrogen) atoms. The van der Waals surface area contributed by atoms with Gasteiger partial charge in [-0.1, -0.05) is 0 Å². The highest BCUT2D eigenvalue weighted by molar-refractivity contribution is 5.89. The predicted octanol–water partition coefficient (Wildman–Crippen LogP) is 2.03. The molecule has 1 aromatic carbocycles. The first-order valence-corrected chi connectivity index (χ1v) is 12.5. The lowest BCUT2D eigenvalue weighted by Crippen LogP contribution is -2.54. The molecule has 4 amide bonds. The molecule has 2 aromatic rings. The summed E-state index contributed by atoms with van der Waals surface area (Å²) < 4.78 is 6.56. The van der Waals surface area contributed by atoms with Crippen LogP contribution in [0.25, 0.3) is 5.69 Å². The van der Waals surface area contributed by atoms with Gasteiger partial charge in [0.25, 0.3) is 0 Å². The molecule has 0 unspecified atom stereocenters. The number of nitrogens with one attached hydrogen (secondary N) is 2. The summed E-state index contributed by atoms with van der Waals surface area (Å²) in [5.41, 5.74) is -0.765. The van der Waals surface area contributed by atoms with Gasteiger partial charge < -0.3 is 19.9 Å². The smallest absolute Gasteiger partial charge is 0.407 e. The summed E-state index contributed by atoms with van der Waals surface area (Å²) in [5.74, 6) is 0.0875. The lowest BCUT2D eigenvalue weighted by atomic mass is 10.0. The van der Waals surface area contributed by atoms with E-state index in [0.717, 1.165) is 0 Å². The number of benzene rings is 1. The predicted molar refractivity (Wildman–Crippen MR) is 138 cm³/mol. The third kappa shape index (κ3) is 6.36. The molecule has 2 aliphatic rings. The van der Waals surface area contributed by atoms with Crippen molar-refractivity contribution in [1.82, 2.24) is 24.7 Å². The number of hydrogen-bond acceptors (Lipinski definition) is 7. The molecule has 0 spiro atoms. The standard InChI is InChI=1S/C26H32N6O6/c1-25(2,3)38-24(37)27-17-26(9-10-26)21(34)30-12-14-31(15-13-30)22(35)28-20-8-11-32(23(36)29-20)19-6-4-18(16-33)5-7-19/h4-8,11,16H,9-10,12-15,17H2,1-3H3,(H,27,37)(H,28,29,35,36). The fourth-order valence-corrected chi connectivity index (χ4v) is 4.19. The quantitative estimate of drug-likeness (QED) is 0.551. The van der Waals surface area contributed by atoms with Gasteiger partial charge in [0.1, 0.15) is 17.7 Å². The van der Waals surface area contributed by atoms with Crippen molar-refractivity contribution in [2.24, 2.45) is 5.41 Å². The third-order valence-corrected chi connectivity index (χ3v) is 6.48. The number of aromatic nitrogens is 2. The lowest BCUT2D eigenvalue weighted by Gasteiger charge is -2.36. The van der Waals surface area contributed by atoms with Crippen LogP contribution in [0.1, 0.15) is 44.0 Å². The first-order chi connectivity index (χ1) is 18.0. The summed E-state index contributed by atoms with van der Waals surface area (Å²) in [5, 5.41) is 5.35. The molecule has 1 aromatic heterocycles. The van der Waals surface area contributed by atoms with E-state index in [1.54, 1.807) is 54.8 Å². The first-order valence-electron chi connectivity index (χ1n) is 12.5. The molecule has 0 radical (unpaired) electrons. The molecule has 2 fully saturated rings. The number of nitrogens with zero attached hydrogens (tertiary/aromatic N) is 4. The molecule has 1 saturated carbocycles. The second kappa shape index (κ2) is 10.6. The van der Waals surface area contributed by atoms with Crippen LogP contribution in [-0.2, 0) is 9.53 Å². The van der Waals surface area contributed by atoms with Crippen LogP contribution in [0, 0.1) is 5.41 Å². The van der Waals surface area contributed by atoms with E-state index in [1.165, 1.54) is 16.8 Å². The van der Waals surface area contributed by atoms with E-state index < -0.39 is 28.8 Å². The minimum atomic E-state index is -0.614. The molecule has 1 saturated heterocycles. The second-order valence-electron chi connectivity index (χ2n) is 10.5. The van der Waals surface area contributed by atoms with E-state index in [0.29, 0.717) is 56.6 Å². The molecule has 2 N–H and O–H groups in total. The van der Waals surface area contributed by atoms with Crippen molar-refractivity contribution in [3.63, 3.8) is 0 Å². The summed E-state index contributed by atoms with van der Waals surface area (Å²) in [6.07, 6.45) is 3.06. The number of aldehydes is 1. The van der Waals surface area contributed by atoms with E-state index in [2.05, 4.69) is 15.6 Å². The van der Waals surface area contributed by atoms with Crippen LogP contribution in [0.15, 0.2) is 41.3 Å². The number of ether oxygens (including phenoxy) is 1. The molecule has 2 heterocycles. The zero-order valence-corrected chi connectivity index (χ0v) is 21.7. The molecule has 1 aliphatic heterocycles. The summed E-state index contributed by atoms with van der Waals surface area (Å²) in [7, 11) is 0. The zero-order chi connectivity index (χ0) is 27.5. The minimum Gasteiger partial charge on any atom is -0.444 e. The number of anilines is 1. The Morgan fingerprint density at radius 3 is 2.21 bits per heavy atom. The normalized spacial score (nSPS) is 16.4. The van der Waals surface area contributed by atoms with Crippen molar-refractivity contribution in [3.8, 4) is 5.69 Å². The van der Waals surface area contributed by atoms with Gasteiger partial charge in [0.05, 0.1) is 11.1 Å². The summed E-state index contributed by atoms with van der Waals surface area (Å²) in [6, 6.07) is 7.55. The van der Waals surface area contributed by atoms with Gasteiger partial charge in [-0.2, -0.15) is 4.98 Å². The third-order valence-electron chi connectivity index (χ3n) is 6.48. The van der Waals surface area contributed by atoms with Crippen LogP contribution in [0.3, 0.4) is 0 Å². The average molecular weight is 525 g/mol. The number of carbonyl (C=O) groups excluding carboxylic acids is 4. The lowest BCUT2D eigenvalue weighted by molar-refractivity contribution is -0.138. The fourth-order valence-electron chi connectivity index (χ4n) is 4.19. The maximum Gasteiger partial charge on any atom is 0.407 e. The van der Waals surface area contributed by atoms with E-state index in [-0.39, 0.29) is 18.3 Å². The first kappa shape index (κ1) is 26.8. The van der Waals surface area contributed by atoms with Gasteiger partial charge in [-0.05, 0) is 63.9 Å². The second-order valence-corrected chi connectivity index (χ2v) is 10.5. The van der Waals surface area contributed by atoms with Crippen molar-refractivity contribution in [2.45, 2.75) is 39.2 Å². The van der Waals surface area contributed by atoms with Crippen LogP contribution in [0.4, 0.5) is 15.4 Å². The molecule has 0 bridgehead atoms.